The van der Waals surface area contributed by atoms with E-state index in [0.29, 0.717) is 30.6 Å². The molecule has 0 spiro atoms. The van der Waals surface area contributed by atoms with Gasteiger partial charge in [0.15, 0.2) is 0 Å². The van der Waals surface area contributed by atoms with Gasteiger partial charge in [0.25, 0.3) is 0 Å². The lowest BCUT2D eigenvalue weighted by atomic mass is 9.46. The molecule has 8 heteroatoms. The maximum Gasteiger partial charge on any atom is 0.323 e. The molecule has 4 bridgehead atoms. The highest BCUT2D eigenvalue weighted by Crippen LogP contribution is 2.64. The maximum atomic E-state index is 13.6. The summed E-state index contributed by atoms with van der Waals surface area (Å²) in [5.41, 5.74) is 12.9. The molecule has 1 amide bonds. The smallest absolute Gasteiger partial charge is 0.323 e. The van der Waals surface area contributed by atoms with E-state index < -0.39 is 29.1 Å². The molecule has 5 aliphatic carbocycles. The third kappa shape index (κ3) is 3.80. The summed E-state index contributed by atoms with van der Waals surface area (Å²) in [5, 5.41) is 19.1. The third-order valence-corrected chi connectivity index (χ3v) is 9.50. The lowest BCUT2D eigenvalue weighted by Gasteiger charge is -2.62. The van der Waals surface area contributed by atoms with Crippen LogP contribution in [0.15, 0.2) is 24.3 Å². The van der Waals surface area contributed by atoms with E-state index in [-0.39, 0.29) is 23.7 Å². The normalized spacial score (nSPS) is 40.0. The van der Waals surface area contributed by atoms with Crippen molar-refractivity contribution < 1.29 is 19.4 Å². The Balaban J connectivity index is 1.18. The SMILES string of the molecule is N#CC1CC2CC2N1C(=O)C(N)C12CC3CC(CC(OC(=O)C(N)Cc4ccc(O)cc4)(C3)C1)C2. The number of carbonyl (C=O) groups excluding carboxylic acids is 2. The summed E-state index contributed by atoms with van der Waals surface area (Å²) in [6, 6.07) is 7.31. The molecule has 8 nitrogen and oxygen atoms in total. The molecule has 6 fully saturated rings. The quantitative estimate of drug-likeness (QED) is 0.531. The molecule has 7 unspecified atom stereocenters. The fraction of sp³-hybridized carbons (Fsp3) is 0.667. The third-order valence-electron chi connectivity index (χ3n) is 9.50. The van der Waals surface area contributed by atoms with Crippen molar-refractivity contribution >= 4 is 11.9 Å². The van der Waals surface area contributed by atoms with Crippen LogP contribution < -0.4 is 11.5 Å². The zero-order valence-electron chi connectivity index (χ0n) is 19.9. The van der Waals surface area contributed by atoms with Gasteiger partial charge in [-0.2, -0.15) is 5.26 Å². The van der Waals surface area contributed by atoms with Crippen molar-refractivity contribution in [2.45, 2.75) is 87.6 Å². The first-order valence-corrected chi connectivity index (χ1v) is 12.9. The molecule has 1 saturated heterocycles. The Morgan fingerprint density at radius 3 is 2.46 bits per heavy atom. The van der Waals surface area contributed by atoms with Crippen LogP contribution in [0, 0.1) is 34.5 Å². The van der Waals surface area contributed by atoms with Gasteiger partial charge in [0.2, 0.25) is 5.91 Å². The molecule has 1 heterocycles. The summed E-state index contributed by atoms with van der Waals surface area (Å²) in [6.07, 6.45) is 7.14. The van der Waals surface area contributed by atoms with Crippen molar-refractivity contribution in [1.82, 2.24) is 4.90 Å². The molecule has 7 rings (SSSR count). The first-order chi connectivity index (χ1) is 16.7. The fourth-order valence-electron chi connectivity index (χ4n) is 8.30. The van der Waals surface area contributed by atoms with Crippen molar-refractivity contribution in [3.8, 4) is 11.8 Å². The van der Waals surface area contributed by atoms with Crippen molar-refractivity contribution in [1.29, 1.82) is 5.26 Å². The summed E-state index contributed by atoms with van der Waals surface area (Å²) in [5.74, 6) is 0.885. The fourth-order valence-corrected chi connectivity index (χ4v) is 8.30. The topological polar surface area (TPSA) is 143 Å². The summed E-state index contributed by atoms with van der Waals surface area (Å²) in [4.78, 5) is 28.5. The van der Waals surface area contributed by atoms with E-state index in [1.165, 1.54) is 0 Å². The van der Waals surface area contributed by atoms with Gasteiger partial charge in [0, 0.05) is 6.04 Å². The van der Waals surface area contributed by atoms with E-state index in [0.717, 1.165) is 50.5 Å². The van der Waals surface area contributed by atoms with E-state index >= 15 is 0 Å². The number of benzene rings is 1. The van der Waals surface area contributed by atoms with Crippen LogP contribution in [0.5, 0.6) is 5.75 Å². The van der Waals surface area contributed by atoms with Crippen molar-refractivity contribution in [3.05, 3.63) is 29.8 Å². The molecule has 186 valence electrons. The van der Waals surface area contributed by atoms with Gasteiger partial charge in [-0.3, -0.25) is 9.59 Å². The highest BCUT2D eigenvalue weighted by Gasteiger charge is 2.64. The second-order valence-corrected chi connectivity index (χ2v) is 12.1. The highest BCUT2D eigenvalue weighted by molar-refractivity contribution is 5.84. The van der Waals surface area contributed by atoms with Gasteiger partial charge in [-0.05, 0) is 98.7 Å². The molecule has 5 N–H and O–H groups in total. The molecule has 6 aliphatic rings. The van der Waals surface area contributed by atoms with Gasteiger partial charge in [-0.25, -0.2) is 0 Å². The summed E-state index contributed by atoms with van der Waals surface area (Å²) >= 11 is 0. The lowest BCUT2D eigenvalue weighted by Crippen LogP contribution is -2.66. The molecular weight excluding hydrogens is 444 g/mol. The second-order valence-electron chi connectivity index (χ2n) is 12.1. The zero-order valence-corrected chi connectivity index (χ0v) is 19.9. The predicted octanol–water partition coefficient (Wildman–Crippen LogP) is 1.98. The van der Waals surface area contributed by atoms with Crippen molar-refractivity contribution in [2.24, 2.45) is 34.6 Å². The van der Waals surface area contributed by atoms with Crippen LogP contribution in [-0.2, 0) is 20.7 Å². The Labute approximate surface area is 205 Å². The minimum Gasteiger partial charge on any atom is -0.508 e. The number of aromatic hydroxyl groups is 1. The molecule has 1 aliphatic heterocycles. The Morgan fingerprint density at radius 1 is 1.11 bits per heavy atom. The number of nitriles is 1. The number of ether oxygens (including phenoxy) is 1. The van der Waals surface area contributed by atoms with Crippen LogP contribution in [-0.4, -0.2) is 51.7 Å². The Morgan fingerprint density at radius 2 is 1.80 bits per heavy atom. The van der Waals surface area contributed by atoms with E-state index in [1.54, 1.807) is 29.2 Å². The molecule has 0 aromatic heterocycles. The minimum atomic E-state index is -0.799. The van der Waals surface area contributed by atoms with Crippen LogP contribution in [0.25, 0.3) is 0 Å². The number of piperidine rings is 1. The van der Waals surface area contributed by atoms with Gasteiger partial charge >= 0.3 is 5.97 Å². The first-order valence-electron chi connectivity index (χ1n) is 12.9. The van der Waals surface area contributed by atoms with Crippen LogP contribution in [0.2, 0.25) is 0 Å². The maximum absolute atomic E-state index is 13.6. The Bertz CT molecular complexity index is 1070. The van der Waals surface area contributed by atoms with E-state index in [9.17, 15) is 20.0 Å². The molecular formula is C27H34N4O4. The number of rotatable bonds is 6. The predicted molar refractivity (Wildman–Crippen MR) is 126 cm³/mol. The van der Waals surface area contributed by atoms with Crippen molar-refractivity contribution in [3.63, 3.8) is 0 Å². The second kappa shape index (κ2) is 7.94. The highest BCUT2D eigenvalue weighted by atomic mass is 16.6. The largest absolute Gasteiger partial charge is 0.508 e. The number of phenols is 1. The Kier molecular flexibility index (Phi) is 5.17. The van der Waals surface area contributed by atoms with Gasteiger partial charge in [0.1, 0.15) is 23.4 Å². The number of phenolic OH excluding ortho intramolecular Hbond substituents is 1. The first kappa shape index (κ1) is 22.8. The van der Waals surface area contributed by atoms with Gasteiger partial charge in [-0.1, -0.05) is 12.1 Å². The lowest BCUT2D eigenvalue weighted by molar-refractivity contribution is -0.207. The monoisotopic (exact) mass is 478 g/mol. The average Bonchev–Trinajstić information content (AvgIpc) is 3.47. The summed E-state index contributed by atoms with van der Waals surface area (Å²) in [6.45, 7) is 0. The number of nitrogens with zero attached hydrogens (tertiary/aromatic N) is 2. The molecule has 35 heavy (non-hydrogen) atoms. The molecule has 1 aromatic carbocycles. The zero-order chi connectivity index (χ0) is 24.5. The summed E-state index contributed by atoms with van der Waals surface area (Å²) in [7, 11) is 0. The van der Waals surface area contributed by atoms with Gasteiger partial charge < -0.3 is 26.2 Å². The number of fused-ring (bicyclic) bond motifs is 1. The number of hydrogen-bond acceptors (Lipinski definition) is 7. The van der Waals surface area contributed by atoms with Crippen LogP contribution in [0.4, 0.5) is 0 Å². The van der Waals surface area contributed by atoms with Crippen molar-refractivity contribution in [2.75, 3.05) is 0 Å². The van der Waals surface area contributed by atoms with E-state index in [2.05, 4.69) is 6.07 Å². The Hall–Kier alpha value is -2.63. The molecule has 0 radical (unpaired) electrons. The van der Waals surface area contributed by atoms with Crippen LogP contribution in [0.1, 0.15) is 56.9 Å². The average molecular weight is 479 g/mol. The van der Waals surface area contributed by atoms with Gasteiger partial charge in [-0.15, -0.1) is 0 Å². The number of amides is 1. The number of likely N-dealkylation sites (tertiary alicyclic amines) is 1. The molecule has 7 atom stereocenters. The standard InChI is InChI=1S/C27H34N4O4/c28-13-19-7-18-8-22(18)31(19)24(33)23(30)26-9-16-5-17(10-26)12-27(11-16,14-26)35-25(34)21(29)6-15-1-3-20(32)4-2-15/h1-4,16-19,21-23,32H,5-12,14,29-30H2. The summed E-state index contributed by atoms with van der Waals surface area (Å²) < 4.78 is 6.21. The molecule has 1 aromatic rings. The van der Waals surface area contributed by atoms with E-state index in [4.69, 9.17) is 16.2 Å². The number of nitrogens with two attached hydrogens (primary N) is 2. The van der Waals surface area contributed by atoms with Gasteiger partial charge in [0.05, 0.1) is 12.1 Å². The van der Waals surface area contributed by atoms with Crippen LogP contribution >= 0.6 is 0 Å². The number of hydrogen-bond donors (Lipinski definition) is 3. The minimum absolute atomic E-state index is 0.0889. The van der Waals surface area contributed by atoms with Crippen LogP contribution in [0.3, 0.4) is 0 Å². The number of carbonyl (C=O) groups is 2. The number of esters is 1. The van der Waals surface area contributed by atoms with E-state index in [1.807, 2.05) is 0 Å². The molecule has 5 saturated carbocycles.